The van der Waals surface area contributed by atoms with Crippen LogP contribution in [0.1, 0.15) is 16.1 Å². The molecule has 1 heterocycles. The lowest BCUT2D eigenvalue weighted by atomic mass is 10.2. The summed E-state index contributed by atoms with van der Waals surface area (Å²) in [4.78, 5) is 14.6. The van der Waals surface area contributed by atoms with E-state index >= 15 is 0 Å². The van der Waals surface area contributed by atoms with Crippen molar-refractivity contribution in [1.82, 2.24) is 4.98 Å². The van der Waals surface area contributed by atoms with Crippen molar-refractivity contribution in [2.75, 3.05) is 5.32 Å². The van der Waals surface area contributed by atoms with E-state index in [2.05, 4.69) is 10.3 Å². The Morgan fingerprint density at radius 3 is 2.84 bits per heavy atom. The van der Waals surface area contributed by atoms with Crippen LogP contribution in [-0.4, -0.2) is 16.1 Å². The van der Waals surface area contributed by atoms with Crippen LogP contribution < -0.4 is 5.32 Å². The Morgan fingerprint density at radius 1 is 1.32 bits per heavy atom. The second-order valence-electron chi connectivity index (χ2n) is 3.79. The minimum Gasteiger partial charge on any atom is -0.476 e. The summed E-state index contributed by atoms with van der Waals surface area (Å²) in [5.74, 6) is -2.31. The van der Waals surface area contributed by atoms with E-state index in [4.69, 9.17) is 5.11 Å². The third-order valence-electron chi connectivity index (χ3n) is 2.49. The zero-order valence-electron chi connectivity index (χ0n) is 9.73. The van der Waals surface area contributed by atoms with Gasteiger partial charge in [-0.3, -0.25) is 0 Å². The maximum atomic E-state index is 13.4. The first-order valence-electron chi connectivity index (χ1n) is 5.44. The van der Waals surface area contributed by atoms with Crippen molar-refractivity contribution in [3.05, 3.63) is 59.4 Å². The van der Waals surface area contributed by atoms with Gasteiger partial charge in [-0.1, -0.05) is 0 Å². The van der Waals surface area contributed by atoms with Gasteiger partial charge < -0.3 is 10.4 Å². The number of carboxylic acid groups (broad SMARTS) is 1. The zero-order valence-corrected chi connectivity index (χ0v) is 9.73. The SMILES string of the molecule is O=C(O)c1ncccc1NCc1cc(F)ccc1F. The Balaban J connectivity index is 2.19. The molecule has 0 aliphatic rings. The van der Waals surface area contributed by atoms with Gasteiger partial charge in [0.05, 0.1) is 5.69 Å². The monoisotopic (exact) mass is 264 g/mol. The highest BCUT2D eigenvalue weighted by atomic mass is 19.1. The molecule has 0 amide bonds. The Kier molecular flexibility index (Phi) is 3.70. The summed E-state index contributed by atoms with van der Waals surface area (Å²) in [6, 6.07) is 6.16. The predicted molar refractivity (Wildman–Crippen MR) is 64.9 cm³/mol. The average molecular weight is 264 g/mol. The first-order valence-corrected chi connectivity index (χ1v) is 5.44. The highest BCUT2D eigenvalue weighted by Crippen LogP contribution is 2.15. The molecule has 0 bridgehead atoms. The Hall–Kier alpha value is -2.50. The van der Waals surface area contributed by atoms with Gasteiger partial charge in [0.25, 0.3) is 0 Å². The van der Waals surface area contributed by atoms with E-state index in [0.29, 0.717) is 0 Å². The van der Waals surface area contributed by atoms with Crippen LogP contribution >= 0.6 is 0 Å². The van der Waals surface area contributed by atoms with Gasteiger partial charge in [0.2, 0.25) is 0 Å². The number of hydrogen-bond acceptors (Lipinski definition) is 3. The summed E-state index contributed by atoms with van der Waals surface area (Å²) in [6.45, 7) is -0.0322. The number of aromatic nitrogens is 1. The molecule has 2 N–H and O–H groups in total. The molecule has 4 nitrogen and oxygen atoms in total. The average Bonchev–Trinajstić information content (AvgIpc) is 2.40. The fourth-order valence-electron chi connectivity index (χ4n) is 1.59. The zero-order chi connectivity index (χ0) is 13.8. The predicted octanol–water partition coefficient (Wildman–Crippen LogP) is 2.67. The van der Waals surface area contributed by atoms with E-state index < -0.39 is 17.6 Å². The minimum atomic E-state index is -1.19. The number of nitrogens with one attached hydrogen (secondary N) is 1. The quantitative estimate of drug-likeness (QED) is 0.891. The summed E-state index contributed by atoms with van der Waals surface area (Å²) in [7, 11) is 0. The lowest BCUT2D eigenvalue weighted by Crippen LogP contribution is -2.09. The summed E-state index contributed by atoms with van der Waals surface area (Å²) < 4.78 is 26.4. The topological polar surface area (TPSA) is 62.2 Å². The van der Waals surface area contributed by atoms with Crippen LogP contribution in [-0.2, 0) is 6.54 Å². The minimum absolute atomic E-state index is 0.0322. The number of nitrogens with zero attached hydrogens (tertiary/aromatic N) is 1. The molecule has 0 unspecified atom stereocenters. The number of carbonyl (C=O) groups is 1. The fourth-order valence-corrected chi connectivity index (χ4v) is 1.59. The molecule has 0 saturated carbocycles. The lowest BCUT2D eigenvalue weighted by Gasteiger charge is -2.09. The Labute approximate surface area is 107 Å². The molecule has 1 aromatic carbocycles. The van der Waals surface area contributed by atoms with Gasteiger partial charge in [-0.15, -0.1) is 0 Å². The first kappa shape index (κ1) is 12.9. The van der Waals surface area contributed by atoms with Crippen molar-refractivity contribution in [3.63, 3.8) is 0 Å². The molecule has 0 aliphatic heterocycles. The van der Waals surface area contributed by atoms with Crippen molar-refractivity contribution >= 4 is 11.7 Å². The number of anilines is 1. The number of hydrogen-bond donors (Lipinski definition) is 2. The summed E-state index contributed by atoms with van der Waals surface area (Å²) in [6.07, 6.45) is 1.34. The maximum Gasteiger partial charge on any atom is 0.356 e. The molecule has 98 valence electrons. The Morgan fingerprint density at radius 2 is 2.11 bits per heavy atom. The molecule has 0 aliphatic carbocycles. The van der Waals surface area contributed by atoms with Gasteiger partial charge in [0.1, 0.15) is 11.6 Å². The van der Waals surface area contributed by atoms with Crippen LogP contribution in [0.25, 0.3) is 0 Å². The molecule has 19 heavy (non-hydrogen) atoms. The molecule has 1 aromatic heterocycles. The maximum absolute atomic E-state index is 13.4. The highest BCUT2D eigenvalue weighted by Gasteiger charge is 2.11. The number of halogens is 2. The number of pyridine rings is 1. The van der Waals surface area contributed by atoms with E-state index in [9.17, 15) is 13.6 Å². The number of carboxylic acids is 1. The summed E-state index contributed by atoms with van der Waals surface area (Å²) >= 11 is 0. The molecule has 0 atom stereocenters. The number of aromatic carboxylic acids is 1. The standard InChI is InChI=1S/C13H10F2N2O2/c14-9-3-4-10(15)8(6-9)7-17-11-2-1-5-16-12(11)13(18)19/h1-6,17H,7H2,(H,18,19). The third kappa shape index (κ3) is 3.04. The van der Waals surface area contributed by atoms with Crippen molar-refractivity contribution < 1.29 is 18.7 Å². The van der Waals surface area contributed by atoms with Crippen LogP contribution in [0.15, 0.2) is 36.5 Å². The largest absolute Gasteiger partial charge is 0.476 e. The van der Waals surface area contributed by atoms with E-state index in [0.717, 1.165) is 18.2 Å². The van der Waals surface area contributed by atoms with E-state index in [1.54, 1.807) is 6.07 Å². The lowest BCUT2D eigenvalue weighted by molar-refractivity contribution is 0.0691. The van der Waals surface area contributed by atoms with Gasteiger partial charge >= 0.3 is 5.97 Å². The van der Waals surface area contributed by atoms with Crippen molar-refractivity contribution in [2.45, 2.75) is 6.54 Å². The summed E-state index contributed by atoms with van der Waals surface area (Å²) in [5, 5.41) is 11.7. The van der Waals surface area contributed by atoms with Crippen LogP contribution in [0, 0.1) is 11.6 Å². The Bertz CT molecular complexity index is 617. The molecular weight excluding hydrogens is 254 g/mol. The normalized spacial score (nSPS) is 10.2. The van der Waals surface area contributed by atoms with Gasteiger partial charge in [0, 0.05) is 18.3 Å². The van der Waals surface area contributed by atoms with E-state index in [1.165, 1.54) is 12.3 Å². The highest BCUT2D eigenvalue weighted by molar-refractivity contribution is 5.91. The number of benzene rings is 1. The van der Waals surface area contributed by atoms with Crippen LogP contribution in [0.4, 0.5) is 14.5 Å². The smallest absolute Gasteiger partial charge is 0.356 e. The van der Waals surface area contributed by atoms with E-state index in [1.807, 2.05) is 0 Å². The van der Waals surface area contributed by atoms with Crippen molar-refractivity contribution in [1.29, 1.82) is 0 Å². The third-order valence-corrected chi connectivity index (χ3v) is 2.49. The fraction of sp³-hybridized carbons (Fsp3) is 0.0769. The van der Waals surface area contributed by atoms with Gasteiger partial charge in [-0.25, -0.2) is 18.6 Å². The molecule has 0 radical (unpaired) electrons. The van der Waals surface area contributed by atoms with Gasteiger partial charge in [-0.05, 0) is 30.3 Å². The van der Waals surface area contributed by atoms with Crippen LogP contribution in [0.2, 0.25) is 0 Å². The molecular formula is C13H10F2N2O2. The van der Waals surface area contributed by atoms with E-state index in [-0.39, 0.29) is 23.5 Å². The number of rotatable bonds is 4. The van der Waals surface area contributed by atoms with Crippen molar-refractivity contribution in [2.24, 2.45) is 0 Å². The van der Waals surface area contributed by atoms with Crippen LogP contribution in [0.3, 0.4) is 0 Å². The van der Waals surface area contributed by atoms with Crippen molar-refractivity contribution in [3.8, 4) is 0 Å². The molecule has 0 spiro atoms. The molecule has 2 aromatic rings. The second kappa shape index (κ2) is 5.43. The van der Waals surface area contributed by atoms with Crippen LogP contribution in [0.5, 0.6) is 0 Å². The summed E-state index contributed by atoms with van der Waals surface area (Å²) in [5.41, 5.74) is 0.193. The molecule has 6 heteroatoms. The molecule has 2 rings (SSSR count). The second-order valence-corrected chi connectivity index (χ2v) is 3.79. The molecule has 0 saturated heterocycles. The van der Waals surface area contributed by atoms with Gasteiger partial charge in [-0.2, -0.15) is 0 Å². The molecule has 0 fully saturated rings. The first-order chi connectivity index (χ1) is 9.08. The van der Waals surface area contributed by atoms with Gasteiger partial charge in [0.15, 0.2) is 5.69 Å².